The van der Waals surface area contributed by atoms with Gasteiger partial charge < -0.3 is 15.1 Å². The molecule has 5 heterocycles. The second kappa shape index (κ2) is 7.90. The Morgan fingerprint density at radius 2 is 1.74 bits per heavy atom. The van der Waals surface area contributed by atoms with Gasteiger partial charge in [0.05, 0.1) is 11.7 Å². The van der Waals surface area contributed by atoms with E-state index in [1.165, 1.54) is 56.4 Å². The van der Waals surface area contributed by atoms with Crippen molar-refractivity contribution in [2.45, 2.75) is 44.6 Å². The van der Waals surface area contributed by atoms with E-state index in [0.29, 0.717) is 5.41 Å². The molecule has 6 heteroatoms. The van der Waals surface area contributed by atoms with E-state index in [0.717, 1.165) is 49.8 Å². The van der Waals surface area contributed by atoms with E-state index in [9.17, 15) is 0 Å². The summed E-state index contributed by atoms with van der Waals surface area (Å²) in [6, 6.07) is 9.23. The number of aromatic nitrogens is 2. The fourth-order valence-corrected chi connectivity index (χ4v) is 5.94. The highest BCUT2D eigenvalue weighted by molar-refractivity contribution is 5.99. The lowest BCUT2D eigenvalue weighted by atomic mass is 9.80. The number of rotatable bonds is 2. The summed E-state index contributed by atoms with van der Waals surface area (Å²) in [5.74, 6) is 1.06. The van der Waals surface area contributed by atoms with Crippen molar-refractivity contribution in [3.63, 3.8) is 0 Å². The molecule has 0 radical (unpaired) electrons. The van der Waals surface area contributed by atoms with Crippen LogP contribution in [0.4, 0.5) is 5.69 Å². The Morgan fingerprint density at radius 1 is 0.903 bits per heavy atom. The Balaban J connectivity index is 1.29. The summed E-state index contributed by atoms with van der Waals surface area (Å²) in [4.78, 5) is 19.7. The highest BCUT2D eigenvalue weighted by Crippen LogP contribution is 2.39. The number of amidine groups is 1. The first kappa shape index (κ1) is 19.2. The van der Waals surface area contributed by atoms with Gasteiger partial charge in [-0.1, -0.05) is 12.1 Å². The fourth-order valence-electron chi connectivity index (χ4n) is 5.94. The Morgan fingerprint density at radius 3 is 2.55 bits per heavy atom. The molecular formula is C25H32N6. The van der Waals surface area contributed by atoms with E-state index in [1.54, 1.807) is 0 Å². The number of nitrogens with one attached hydrogen (secondary N) is 1. The molecule has 31 heavy (non-hydrogen) atoms. The highest BCUT2D eigenvalue weighted by atomic mass is 15.2. The second-order valence-corrected chi connectivity index (χ2v) is 9.76. The van der Waals surface area contributed by atoms with Crippen molar-refractivity contribution in [2.24, 2.45) is 10.4 Å². The zero-order chi connectivity index (χ0) is 20.7. The Hall–Kier alpha value is -2.47. The molecule has 0 aliphatic carbocycles. The van der Waals surface area contributed by atoms with Crippen LogP contribution in [0.5, 0.6) is 0 Å². The van der Waals surface area contributed by atoms with E-state index in [1.807, 2.05) is 12.4 Å². The summed E-state index contributed by atoms with van der Waals surface area (Å²) < 4.78 is 0. The van der Waals surface area contributed by atoms with Gasteiger partial charge in [-0.25, -0.2) is 4.98 Å². The highest BCUT2D eigenvalue weighted by Gasteiger charge is 2.41. The minimum atomic E-state index is 0.118. The zero-order valence-electron chi connectivity index (χ0n) is 18.3. The molecular weight excluding hydrogens is 384 g/mol. The molecule has 1 spiro atoms. The SMILES string of the molecule is c1cnc2c(n1)CC(c1ccc(N3CCCC3)cc1)N=C2N1CCC2(CCCNC2)C1. The Labute approximate surface area is 184 Å². The van der Waals surface area contributed by atoms with E-state index >= 15 is 0 Å². The molecule has 0 saturated carbocycles. The van der Waals surface area contributed by atoms with Gasteiger partial charge in [-0.15, -0.1) is 0 Å². The first-order chi connectivity index (χ1) is 15.3. The second-order valence-electron chi connectivity index (χ2n) is 9.76. The molecule has 3 saturated heterocycles. The lowest BCUT2D eigenvalue weighted by Crippen LogP contribution is -2.43. The van der Waals surface area contributed by atoms with Crippen LogP contribution in [0.25, 0.3) is 0 Å². The number of piperidine rings is 1. The van der Waals surface area contributed by atoms with Crippen molar-refractivity contribution in [3.8, 4) is 0 Å². The van der Waals surface area contributed by atoms with E-state index in [2.05, 4.69) is 39.4 Å². The lowest BCUT2D eigenvalue weighted by molar-refractivity contribution is 0.223. The van der Waals surface area contributed by atoms with Crippen LogP contribution in [-0.4, -0.2) is 60.0 Å². The summed E-state index contributed by atoms with van der Waals surface area (Å²) in [5.41, 5.74) is 5.10. The average molecular weight is 417 g/mol. The van der Waals surface area contributed by atoms with Crippen LogP contribution in [0.3, 0.4) is 0 Å². The van der Waals surface area contributed by atoms with Gasteiger partial charge in [0.2, 0.25) is 0 Å². The monoisotopic (exact) mass is 416 g/mol. The van der Waals surface area contributed by atoms with Crippen molar-refractivity contribution in [3.05, 3.63) is 53.6 Å². The predicted molar refractivity (Wildman–Crippen MR) is 124 cm³/mol. The van der Waals surface area contributed by atoms with Crippen LogP contribution < -0.4 is 10.2 Å². The van der Waals surface area contributed by atoms with Crippen LogP contribution in [0.1, 0.15) is 55.1 Å². The summed E-state index contributed by atoms with van der Waals surface area (Å²) in [6.07, 6.45) is 10.9. The third-order valence-corrected chi connectivity index (χ3v) is 7.70. The molecule has 162 valence electrons. The van der Waals surface area contributed by atoms with Crippen LogP contribution in [0.2, 0.25) is 0 Å². The normalized spacial score (nSPS) is 28.1. The van der Waals surface area contributed by atoms with Crippen LogP contribution in [-0.2, 0) is 6.42 Å². The average Bonchev–Trinajstić information content (AvgIpc) is 3.50. The molecule has 2 aromatic rings. The molecule has 1 N–H and O–H groups in total. The topological polar surface area (TPSA) is 56.7 Å². The molecule has 2 atom stereocenters. The smallest absolute Gasteiger partial charge is 0.152 e. The van der Waals surface area contributed by atoms with E-state index in [4.69, 9.17) is 15.0 Å². The first-order valence-electron chi connectivity index (χ1n) is 12.0. The number of hydrogen-bond donors (Lipinski definition) is 1. The van der Waals surface area contributed by atoms with Crippen molar-refractivity contribution >= 4 is 11.5 Å². The third kappa shape index (κ3) is 3.61. The Bertz CT molecular complexity index is 956. The maximum atomic E-state index is 5.29. The molecule has 4 aliphatic rings. The molecule has 0 amide bonds. The van der Waals surface area contributed by atoms with Crippen LogP contribution in [0.15, 0.2) is 41.7 Å². The quantitative estimate of drug-likeness (QED) is 0.815. The number of fused-ring (bicyclic) bond motifs is 1. The first-order valence-corrected chi connectivity index (χ1v) is 12.0. The number of likely N-dealkylation sites (tertiary alicyclic amines) is 1. The summed E-state index contributed by atoms with van der Waals surface area (Å²) in [7, 11) is 0. The van der Waals surface area contributed by atoms with Crippen molar-refractivity contribution < 1.29 is 0 Å². The zero-order valence-corrected chi connectivity index (χ0v) is 18.3. The van der Waals surface area contributed by atoms with Crippen LogP contribution >= 0.6 is 0 Å². The van der Waals surface area contributed by atoms with Gasteiger partial charge in [0, 0.05) is 62.6 Å². The van der Waals surface area contributed by atoms with Crippen molar-refractivity contribution in [2.75, 3.05) is 44.2 Å². The number of aliphatic imine (C=N–C) groups is 1. The number of hydrogen-bond acceptors (Lipinski definition) is 6. The Kier molecular flexibility index (Phi) is 4.90. The molecule has 3 fully saturated rings. The lowest BCUT2D eigenvalue weighted by Gasteiger charge is -2.35. The van der Waals surface area contributed by atoms with Gasteiger partial charge in [-0.05, 0) is 56.3 Å². The summed E-state index contributed by atoms with van der Waals surface area (Å²) >= 11 is 0. The minimum absolute atomic E-state index is 0.118. The molecule has 2 unspecified atom stereocenters. The molecule has 6 nitrogen and oxygen atoms in total. The standard InChI is InChI=1S/C25H32N6/c1-2-14-30(13-1)20-6-4-19(5-7-20)21-16-22-23(28-12-11-27-22)24(29-21)31-15-9-25(18-31)8-3-10-26-17-25/h4-7,11-12,21,26H,1-3,8-10,13-18H2. The van der Waals surface area contributed by atoms with Crippen molar-refractivity contribution in [1.82, 2.24) is 20.2 Å². The van der Waals surface area contributed by atoms with Gasteiger partial charge in [0.15, 0.2) is 5.84 Å². The van der Waals surface area contributed by atoms with Gasteiger partial charge >= 0.3 is 0 Å². The van der Waals surface area contributed by atoms with Gasteiger partial charge in [0.25, 0.3) is 0 Å². The fraction of sp³-hybridized carbons (Fsp3) is 0.560. The number of nitrogens with zero attached hydrogens (tertiary/aromatic N) is 5. The summed E-state index contributed by atoms with van der Waals surface area (Å²) in [6.45, 7) is 6.80. The molecule has 1 aromatic heterocycles. The summed E-state index contributed by atoms with van der Waals surface area (Å²) in [5, 5.41) is 3.62. The molecule has 0 bridgehead atoms. The third-order valence-electron chi connectivity index (χ3n) is 7.70. The molecule has 4 aliphatic heterocycles. The van der Waals surface area contributed by atoms with Gasteiger partial charge in [-0.2, -0.15) is 0 Å². The number of benzene rings is 1. The maximum Gasteiger partial charge on any atom is 0.152 e. The van der Waals surface area contributed by atoms with E-state index in [-0.39, 0.29) is 6.04 Å². The minimum Gasteiger partial charge on any atom is -0.372 e. The number of anilines is 1. The molecule has 1 aromatic carbocycles. The van der Waals surface area contributed by atoms with E-state index < -0.39 is 0 Å². The maximum absolute atomic E-state index is 5.29. The largest absolute Gasteiger partial charge is 0.372 e. The van der Waals surface area contributed by atoms with Crippen LogP contribution in [0, 0.1) is 5.41 Å². The predicted octanol–water partition coefficient (Wildman–Crippen LogP) is 3.20. The van der Waals surface area contributed by atoms with Crippen molar-refractivity contribution in [1.29, 1.82) is 0 Å². The van der Waals surface area contributed by atoms with Gasteiger partial charge in [-0.3, -0.25) is 9.98 Å². The molecule has 6 rings (SSSR count). The van der Waals surface area contributed by atoms with Gasteiger partial charge in [0.1, 0.15) is 5.69 Å².